The molecule has 1 aromatic heterocycles. The van der Waals surface area contributed by atoms with Crippen LogP contribution < -0.4 is 15.5 Å². The summed E-state index contributed by atoms with van der Waals surface area (Å²) in [6.07, 6.45) is 4.35. The first-order valence-electron chi connectivity index (χ1n) is 8.91. The van der Waals surface area contributed by atoms with Crippen LogP contribution in [0, 0.1) is 6.92 Å². The Bertz CT molecular complexity index is 716. The van der Waals surface area contributed by atoms with Crippen LogP contribution in [-0.4, -0.2) is 28.9 Å². The summed E-state index contributed by atoms with van der Waals surface area (Å²) in [5.41, 5.74) is 4.47. The molecule has 1 aliphatic rings. The van der Waals surface area contributed by atoms with Crippen molar-refractivity contribution in [1.29, 1.82) is 0 Å². The lowest BCUT2D eigenvalue weighted by molar-refractivity contribution is 0.237. The first kappa shape index (κ1) is 17.3. The van der Waals surface area contributed by atoms with Gasteiger partial charge in [0.1, 0.15) is 0 Å². The second kappa shape index (κ2) is 7.59. The van der Waals surface area contributed by atoms with Crippen molar-refractivity contribution in [2.45, 2.75) is 39.3 Å². The zero-order valence-electron chi connectivity index (χ0n) is 15.2. The number of rotatable bonds is 5. The Labute approximate surface area is 149 Å². The van der Waals surface area contributed by atoms with E-state index in [2.05, 4.69) is 44.9 Å². The summed E-state index contributed by atoms with van der Waals surface area (Å²) in [6, 6.07) is 8.21. The van der Waals surface area contributed by atoms with Gasteiger partial charge in [0.05, 0.1) is 12.2 Å². The Morgan fingerprint density at radius 3 is 2.52 bits per heavy atom. The molecule has 2 N–H and O–H groups in total. The van der Waals surface area contributed by atoms with Crippen LogP contribution in [-0.2, 0) is 13.6 Å². The molecule has 1 saturated heterocycles. The molecule has 1 unspecified atom stereocenters. The van der Waals surface area contributed by atoms with Gasteiger partial charge in [-0.1, -0.05) is 12.1 Å². The highest BCUT2D eigenvalue weighted by molar-refractivity contribution is 5.74. The zero-order valence-corrected chi connectivity index (χ0v) is 15.2. The zero-order chi connectivity index (χ0) is 17.8. The van der Waals surface area contributed by atoms with Gasteiger partial charge in [-0.05, 0) is 44.4 Å². The molecule has 25 heavy (non-hydrogen) atoms. The number of benzene rings is 1. The minimum absolute atomic E-state index is 0.0776. The summed E-state index contributed by atoms with van der Waals surface area (Å²) in [6.45, 7) is 6.77. The third-order valence-corrected chi connectivity index (χ3v) is 4.95. The molecule has 2 heterocycles. The summed E-state index contributed by atoms with van der Waals surface area (Å²) in [5, 5.41) is 10.1. The predicted molar refractivity (Wildman–Crippen MR) is 99.6 cm³/mol. The van der Waals surface area contributed by atoms with Gasteiger partial charge in [-0.2, -0.15) is 5.10 Å². The lowest BCUT2D eigenvalue weighted by atomic mass is 10.1. The van der Waals surface area contributed by atoms with E-state index in [0.717, 1.165) is 29.9 Å². The average Bonchev–Trinajstić information content (AvgIpc) is 3.25. The SMILES string of the molecule is Cc1c(C(C)NC(=O)NCc2ccc(N3CCCC3)cc2)cnn1C. The number of nitrogens with one attached hydrogen (secondary N) is 2. The van der Waals surface area contributed by atoms with Crippen LogP contribution in [0.4, 0.5) is 10.5 Å². The van der Waals surface area contributed by atoms with Crippen LogP contribution in [0.1, 0.15) is 42.6 Å². The monoisotopic (exact) mass is 341 g/mol. The van der Waals surface area contributed by atoms with Gasteiger partial charge in [0.25, 0.3) is 0 Å². The summed E-state index contributed by atoms with van der Waals surface area (Å²) in [5.74, 6) is 0. The van der Waals surface area contributed by atoms with Crippen molar-refractivity contribution < 1.29 is 4.79 Å². The number of amides is 2. The fourth-order valence-corrected chi connectivity index (χ4v) is 3.25. The second-order valence-electron chi connectivity index (χ2n) is 6.72. The fraction of sp³-hybridized carbons (Fsp3) is 0.474. The Kier molecular flexibility index (Phi) is 5.26. The molecule has 6 nitrogen and oxygen atoms in total. The summed E-state index contributed by atoms with van der Waals surface area (Å²) < 4.78 is 1.81. The van der Waals surface area contributed by atoms with Crippen LogP contribution in [0.25, 0.3) is 0 Å². The highest BCUT2D eigenvalue weighted by Gasteiger charge is 2.15. The first-order chi connectivity index (χ1) is 12.0. The molecule has 2 aromatic rings. The van der Waals surface area contributed by atoms with E-state index in [0.29, 0.717) is 6.54 Å². The van der Waals surface area contributed by atoms with Gasteiger partial charge in [0, 0.05) is 43.6 Å². The van der Waals surface area contributed by atoms with Gasteiger partial charge in [0.15, 0.2) is 0 Å². The first-order valence-corrected chi connectivity index (χ1v) is 8.91. The van der Waals surface area contributed by atoms with Crippen LogP contribution >= 0.6 is 0 Å². The summed E-state index contributed by atoms with van der Waals surface area (Å²) in [7, 11) is 1.90. The topological polar surface area (TPSA) is 62.2 Å². The van der Waals surface area contributed by atoms with E-state index >= 15 is 0 Å². The van der Waals surface area contributed by atoms with Gasteiger partial charge >= 0.3 is 6.03 Å². The van der Waals surface area contributed by atoms with Crippen molar-refractivity contribution in [2.75, 3.05) is 18.0 Å². The van der Waals surface area contributed by atoms with Crippen LogP contribution in [0.15, 0.2) is 30.5 Å². The van der Waals surface area contributed by atoms with E-state index in [1.165, 1.54) is 18.5 Å². The quantitative estimate of drug-likeness (QED) is 0.879. The molecule has 3 rings (SSSR count). The molecule has 1 aliphatic heterocycles. The Balaban J connectivity index is 1.49. The Morgan fingerprint density at radius 1 is 1.24 bits per heavy atom. The van der Waals surface area contributed by atoms with Gasteiger partial charge in [-0.3, -0.25) is 4.68 Å². The molecular weight excluding hydrogens is 314 g/mol. The maximum Gasteiger partial charge on any atom is 0.315 e. The molecule has 0 spiro atoms. The van der Waals surface area contributed by atoms with Crippen LogP contribution in [0.2, 0.25) is 0 Å². The van der Waals surface area contributed by atoms with E-state index in [-0.39, 0.29) is 12.1 Å². The van der Waals surface area contributed by atoms with E-state index in [4.69, 9.17) is 0 Å². The molecule has 0 saturated carbocycles. The van der Waals surface area contributed by atoms with Crippen molar-refractivity contribution in [3.63, 3.8) is 0 Å². The summed E-state index contributed by atoms with van der Waals surface area (Å²) in [4.78, 5) is 14.5. The molecule has 6 heteroatoms. The fourth-order valence-electron chi connectivity index (χ4n) is 3.25. The van der Waals surface area contributed by atoms with Gasteiger partial charge in [-0.25, -0.2) is 4.79 Å². The maximum atomic E-state index is 12.1. The molecule has 0 bridgehead atoms. The molecule has 134 valence electrons. The minimum atomic E-state index is -0.167. The van der Waals surface area contributed by atoms with Crippen LogP contribution in [0.5, 0.6) is 0 Å². The number of aromatic nitrogens is 2. The number of anilines is 1. The van der Waals surface area contributed by atoms with Crippen LogP contribution in [0.3, 0.4) is 0 Å². The third kappa shape index (κ3) is 4.13. The largest absolute Gasteiger partial charge is 0.372 e. The number of hydrogen-bond acceptors (Lipinski definition) is 3. The maximum absolute atomic E-state index is 12.1. The average molecular weight is 341 g/mol. The van der Waals surface area contributed by atoms with E-state index in [1.807, 2.05) is 25.6 Å². The van der Waals surface area contributed by atoms with E-state index < -0.39 is 0 Å². The molecule has 0 radical (unpaired) electrons. The molecule has 1 aromatic carbocycles. The Morgan fingerprint density at radius 2 is 1.92 bits per heavy atom. The van der Waals surface area contributed by atoms with Crippen molar-refractivity contribution in [3.8, 4) is 0 Å². The number of aryl methyl sites for hydroxylation is 1. The van der Waals surface area contributed by atoms with Gasteiger partial charge in [-0.15, -0.1) is 0 Å². The Hall–Kier alpha value is -2.50. The van der Waals surface area contributed by atoms with Crippen molar-refractivity contribution in [2.24, 2.45) is 7.05 Å². The third-order valence-electron chi connectivity index (χ3n) is 4.95. The van der Waals surface area contributed by atoms with Gasteiger partial charge < -0.3 is 15.5 Å². The predicted octanol–water partition coefficient (Wildman–Crippen LogP) is 2.89. The normalized spacial score (nSPS) is 15.2. The molecule has 2 amide bonds. The standard InChI is InChI=1S/C19H27N5O/c1-14(18-13-21-23(3)15(18)2)22-19(25)20-12-16-6-8-17(9-7-16)24-10-4-5-11-24/h6-9,13-14H,4-5,10-12H2,1-3H3,(H2,20,22,25). The van der Waals surface area contributed by atoms with E-state index in [1.54, 1.807) is 6.20 Å². The lowest BCUT2D eigenvalue weighted by Crippen LogP contribution is -2.36. The number of hydrogen-bond donors (Lipinski definition) is 2. The highest BCUT2D eigenvalue weighted by atomic mass is 16.2. The molecule has 0 aliphatic carbocycles. The smallest absolute Gasteiger partial charge is 0.315 e. The van der Waals surface area contributed by atoms with Crippen molar-refractivity contribution >= 4 is 11.7 Å². The molecular formula is C19H27N5O. The minimum Gasteiger partial charge on any atom is -0.372 e. The number of nitrogens with zero attached hydrogens (tertiary/aromatic N) is 3. The molecule has 1 fully saturated rings. The van der Waals surface area contributed by atoms with E-state index in [9.17, 15) is 4.79 Å². The number of carbonyl (C=O) groups is 1. The lowest BCUT2D eigenvalue weighted by Gasteiger charge is -2.18. The van der Waals surface area contributed by atoms with Gasteiger partial charge in [0.2, 0.25) is 0 Å². The number of urea groups is 1. The number of carbonyl (C=O) groups excluding carboxylic acids is 1. The highest BCUT2D eigenvalue weighted by Crippen LogP contribution is 2.20. The molecule has 1 atom stereocenters. The second-order valence-corrected chi connectivity index (χ2v) is 6.72. The van der Waals surface area contributed by atoms with Crippen molar-refractivity contribution in [3.05, 3.63) is 47.3 Å². The summed E-state index contributed by atoms with van der Waals surface area (Å²) >= 11 is 0. The van der Waals surface area contributed by atoms with Crippen molar-refractivity contribution in [1.82, 2.24) is 20.4 Å².